The zero-order valence-corrected chi connectivity index (χ0v) is 13.3. The van der Waals surface area contributed by atoms with Gasteiger partial charge < -0.3 is 5.32 Å². The average Bonchev–Trinajstić information content (AvgIpc) is 2.78. The van der Waals surface area contributed by atoms with Crippen LogP contribution in [0.2, 0.25) is 0 Å². The molecule has 21 heavy (non-hydrogen) atoms. The zero-order valence-electron chi connectivity index (χ0n) is 12.5. The van der Waals surface area contributed by atoms with Gasteiger partial charge in [0.15, 0.2) is 0 Å². The van der Waals surface area contributed by atoms with Crippen LogP contribution in [-0.2, 0) is 16.4 Å². The van der Waals surface area contributed by atoms with Crippen molar-refractivity contribution in [1.29, 1.82) is 0 Å². The first kappa shape index (κ1) is 15.0. The van der Waals surface area contributed by atoms with E-state index in [0.717, 1.165) is 25.7 Å². The van der Waals surface area contributed by atoms with E-state index in [1.165, 1.54) is 18.4 Å². The van der Waals surface area contributed by atoms with Gasteiger partial charge in [-0.15, -0.1) is 0 Å². The summed E-state index contributed by atoms with van der Waals surface area (Å²) in [5, 5.41) is 3.53. The number of benzene rings is 1. The number of nitrogens with one attached hydrogen (secondary N) is 2. The van der Waals surface area contributed by atoms with E-state index in [9.17, 15) is 8.42 Å². The summed E-state index contributed by atoms with van der Waals surface area (Å²) < 4.78 is 27.8. The van der Waals surface area contributed by atoms with Crippen LogP contribution < -0.4 is 10.0 Å². The monoisotopic (exact) mass is 308 g/mol. The van der Waals surface area contributed by atoms with Crippen LogP contribution in [-0.4, -0.2) is 26.5 Å². The minimum atomic E-state index is -3.39. The highest BCUT2D eigenvalue weighted by molar-refractivity contribution is 7.89. The first-order chi connectivity index (χ1) is 10.1. The highest BCUT2D eigenvalue weighted by Crippen LogP contribution is 2.27. The summed E-state index contributed by atoms with van der Waals surface area (Å²) >= 11 is 0. The van der Waals surface area contributed by atoms with Crippen molar-refractivity contribution >= 4 is 10.0 Å². The summed E-state index contributed by atoms with van der Waals surface area (Å²) in [5.74, 6) is 0. The summed E-state index contributed by atoms with van der Waals surface area (Å²) in [5.41, 5.74) is 1.19. The molecule has 0 aliphatic carbocycles. The van der Waals surface area contributed by atoms with Crippen molar-refractivity contribution in [1.82, 2.24) is 10.0 Å². The standard InChI is InChI=1S/C16H24N2O2S/c1-2-3-12-4-8-16(9-5-12)21(19,20)18-15-10-13-6-7-14(11-15)17-13/h4-5,8-9,13-15,17-18H,2-3,6-7,10-11H2,1H3. The molecule has 2 N–H and O–H groups in total. The molecular weight excluding hydrogens is 284 g/mol. The Morgan fingerprint density at radius 2 is 1.76 bits per heavy atom. The predicted octanol–water partition coefficient (Wildman–Crippen LogP) is 2.20. The van der Waals surface area contributed by atoms with Crippen molar-refractivity contribution in [2.75, 3.05) is 0 Å². The lowest BCUT2D eigenvalue weighted by Crippen LogP contribution is -2.47. The molecule has 116 valence electrons. The van der Waals surface area contributed by atoms with Crippen LogP contribution in [0.5, 0.6) is 0 Å². The number of fused-ring (bicyclic) bond motifs is 2. The third-order valence-electron chi connectivity index (χ3n) is 4.57. The van der Waals surface area contributed by atoms with E-state index in [-0.39, 0.29) is 6.04 Å². The number of aryl methyl sites for hydroxylation is 1. The largest absolute Gasteiger partial charge is 0.311 e. The normalized spacial score (nSPS) is 28.7. The zero-order chi connectivity index (χ0) is 14.9. The number of sulfonamides is 1. The second kappa shape index (κ2) is 6.07. The summed E-state index contributed by atoms with van der Waals surface area (Å²) in [6.07, 6.45) is 6.23. The van der Waals surface area contributed by atoms with Crippen LogP contribution in [0.15, 0.2) is 29.2 Å². The highest BCUT2D eigenvalue weighted by Gasteiger charge is 2.35. The van der Waals surface area contributed by atoms with Crippen molar-refractivity contribution in [2.45, 2.75) is 68.5 Å². The third kappa shape index (κ3) is 3.47. The molecule has 3 rings (SSSR count). The Balaban J connectivity index is 1.68. The SMILES string of the molecule is CCCc1ccc(S(=O)(=O)NC2CC3CCC(C2)N3)cc1. The van der Waals surface area contributed by atoms with Gasteiger partial charge in [0.25, 0.3) is 0 Å². The quantitative estimate of drug-likeness (QED) is 0.877. The fourth-order valence-electron chi connectivity index (χ4n) is 3.56. The number of piperidine rings is 1. The van der Waals surface area contributed by atoms with Gasteiger partial charge in [-0.3, -0.25) is 0 Å². The van der Waals surface area contributed by atoms with E-state index in [2.05, 4.69) is 17.0 Å². The minimum Gasteiger partial charge on any atom is -0.311 e. The molecule has 2 bridgehead atoms. The van der Waals surface area contributed by atoms with E-state index in [0.29, 0.717) is 17.0 Å². The van der Waals surface area contributed by atoms with E-state index < -0.39 is 10.0 Å². The molecule has 0 amide bonds. The molecule has 0 radical (unpaired) electrons. The van der Waals surface area contributed by atoms with E-state index in [1.807, 2.05) is 12.1 Å². The molecule has 0 spiro atoms. The lowest BCUT2D eigenvalue weighted by atomic mass is 10.0. The van der Waals surface area contributed by atoms with Gasteiger partial charge in [0.2, 0.25) is 10.0 Å². The molecule has 4 nitrogen and oxygen atoms in total. The van der Waals surface area contributed by atoms with Crippen molar-refractivity contribution in [2.24, 2.45) is 0 Å². The molecular formula is C16H24N2O2S. The van der Waals surface area contributed by atoms with Gasteiger partial charge in [-0.25, -0.2) is 13.1 Å². The molecule has 2 unspecified atom stereocenters. The molecule has 2 fully saturated rings. The average molecular weight is 308 g/mol. The van der Waals surface area contributed by atoms with Crippen LogP contribution in [0.4, 0.5) is 0 Å². The fourth-order valence-corrected chi connectivity index (χ4v) is 4.83. The second-order valence-electron chi connectivity index (χ2n) is 6.32. The first-order valence-corrected chi connectivity index (χ1v) is 9.42. The Morgan fingerprint density at radius 1 is 1.14 bits per heavy atom. The van der Waals surface area contributed by atoms with Crippen LogP contribution in [0.3, 0.4) is 0 Å². The summed E-state index contributed by atoms with van der Waals surface area (Å²) in [4.78, 5) is 0.383. The van der Waals surface area contributed by atoms with Crippen LogP contribution in [0.25, 0.3) is 0 Å². The van der Waals surface area contributed by atoms with Gasteiger partial charge in [-0.1, -0.05) is 25.5 Å². The van der Waals surface area contributed by atoms with Gasteiger partial charge in [0.05, 0.1) is 4.90 Å². The summed E-state index contributed by atoms with van der Waals surface area (Å²) in [6.45, 7) is 2.12. The Morgan fingerprint density at radius 3 is 2.33 bits per heavy atom. The molecule has 1 aromatic carbocycles. The topological polar surface area (TPSA) is 58.2 Å². The second-order valence-corrected chi connectivity index (χ2v) is 8.04. The number of rotatable bonds is 5. The highest BCUT2D eigenvalue weighted by atomic mass is 32.2. The van der Waals surface area contributed by atoms with Gasteiger partial charge in [0.1, 0.15) is 0 Å². The molecule has 2 atom stereocenters. The van der Waals surface area contributed by atoms with Gasteiger partial charge in [-0.2, -0.15) is 0 Å². The maximum absolute atomic E-state index is 12.5. The van der Waals surface area contributed by atoms with Gasteiger partial charge >= 0.3 is 0 Å². The van der Waals surface area contributed by atoms with E-state index in [4.69, 9.17) is 0 Å². The molecule has 2 saturated heterocycles. The Hall–Kier alpha value is -0.910. The van der Waals surface area contributed by atoms with Crippen LogP contribution >= 0.6 is 0 Å². The fraction of sp³-hybridized carbons (Fsp3) is 0.625. The molecule has 2 heterocycles. The van der Waals surface area contributed by atoms with Gasteiger partial charge in [-0.05, 0) is 49.8 Å². The molecule has 0 saturated carbocycles. The van der Waals surface area contributed by atoms with Crippen molar-refractivity contribution < 1.29 is 8.42 Å². The van der Waals surface area contributed by atoms with E-state index in [1.54, 1.807) is 12.1 Å². The molecule has 1 aromatic rings. The first-order valence-electron chi connectivity index (χ1n) is 7.94. The third-order valence-corrected chi connectivity index (χ3v) is 6.10. The molecule has 2 aliphatic heterocycles. The molecule has 0 aromatic heterocycles. The molecule has 2 aliphatic rings. The minimum absolute atomic E-state index is 0.0732. The lowest BCUT2D eigenvalue weighted by molar-refractivity contribution is 0.345. The smallest absolute Gasteiger partial charge is 0.240 e. The van der Waals surface area contributed by atoms with Crippen molar-refractivity contribution in [3.8, 4) is 0 Å². The van der Waals surface area contributed by atoms with Crippen molar-refractivity contribution in [3.05, 3.63) is 29.8 Å². The maximum Gasteiger partial charge on any atom is 0.240 e. The van der Waals surface area contributed by atoms with Crippen molar-refractivity contribution in [3.63, 3.8) is 0 Å². The maximum atomic E-state index is 12.5. The van der Waals surface area contributed by atoms with E-state index >= 15 is 0 Å². The Bertz CT molecular complexity index is 571. The summed E-state index contributed by atoms with van der Waals surface area (Å²) in [7, 11) is -3.39. The van der Waals surface area contributed by atoms with Crippen LogP contribution in [0, 0.1) is 0 Å². The number of hydrogen-bond donors (Lipinski definition) is 2. The summed E-state index contributed by atoms with van der Waals surface area (Å²) in [6, 6.07) is 8.34. The Labute approximate surface area is 127 Å². The van der Waals surface area contributed by atoms with Crippen LogP contribution in [0.1, 0.15) is 44.6 Å². The Kier molecular flexibility index (Phi) is 4.33. The molecule has 5 heteroatoms. The number of hydrogen-bond acceptors (Lipinski definition) is 3. The lowest BCUT2D eigenvalue weighted by Gasteiger charge is -2.29. The van der Waals surface area contributed by atoms with Gasteiger partial charge in [0, 0.05) is 18.1 Å². The predicted molar refractivity (Wildman–Crippen MR) is 83.7 cm³/mol.